The van der Waals surface area contributed by atoms with Crippen LogP contribution in [0.1, 0.15) is 72.7 Å². The Kier molecular flexibility index (Phi) is 7.48. The van der Waals surface area contributed by atoms with Gasteiger partial charge in [0.05, 0.1) is 31.5 Å². The monoisotopic (exact) mass is 571 g/mol. The maximum Gasteiger partial charge on any atom is 0.316 e. The van der Waals surface area contributed by atoms with Crippen LogP contribution in [0.25, 0.3) is 11.1 Å². The lowest BCUT2D eigenvalue weighted by Crippen LogP contribution is -2.25. The Bertz CT molecular complexity index is 1490. The fraction of sp³-hybridized carbons (Fsp3) is 0.500. The summed E-state index contributed by atoms with van der Waals surface area (Å²) in [6.07, 6.45) is 3.76. The molecular weight excluding hydrogens is 530 g/mol. The maximum absolute atomic E-state index is 12.1. The number of methoxy groups -OCH3 is 1. The Hall–Kier alpha value is -3.49. The molecule has 1 saturated heterocycles. The number of carbonyl (C=O) groups is 1. The summed E-state index contributed by atoms with van der Waals surface area (Å²) in [5.74, 6) is -0.431. The standard InChI is InChI=1S/C34H41N3O5/c1-20-23(17-35-25-10-11-28-24(14-25)16-34(12-13-34)29(28)15-30(38)39-6)8-7-9-27(20)31-21(2)36-32(37-22(31)3)40-18-26-19-41-33(4,5)42-26/h7-11,14,26,29,35H,12-13,15-19H2,1-6H3/t26-,29?/m0/s1. The molecule has 1 spiro atoms. The van der Waals surface area contributed by atoms with Gasteiger partial charge in [-0.2, -0.15) is 9.97 Å². The Morgan fingerprint density at radius 2 is 1.86 bits per heavy atom. The van der Waals surface area contributed by atoms with Gasteiger partial charge in [0.1, 0.15) is 12.7 Å². The minimum Gasteiger partial charge on any atom is -0.469 e. The van der Waals surface area contributed by atoms with Gasteiger partial charge in [0.15, 0.2) is 5.79 Å². The number of hydrogen-bond acceptors (Lipinski definition) is 8. The van der Waals surface area contributed by atoms with Crippen molar-refractivity contribution < 1.29 is 23.7 Å². The molecule has 2 fully saturated rings. The van der Waals surface area contributed by atoms with E-state index in [1.807, 2.05) is 27.7 Å². The van der Waals surface area contributed by atoms with E-state index in [9.17, 15) is 4.79 Å². The molecule has 1 aromatic heterocycles. The second kappa shape index (κ2) is 11.0. The average Bonchev–Trinajstić information content (AvgIpc) is 3.55. The highest BCUT2D eigenvalue weighted by molar-refractivity contribution is 5.73. The lowest BCUT2D eigenvalue weighted by molar-refractivity contribution is -0.142. The van der Waals surface area contributed by atoms with Gasteiger partial charge in [-0.1, -0.05) is 24.3 Å². The molecule has 1 N–H and O–H groups in total. The Balaban J connectivity index is 1.15. The number of carbonyl (C=O) groups excluding carboxylic acids is 1. The summed E-state index contributed by atoms with van der Waals surface area (Å²) < 4.78 is 22.4. The average molecular weight is 572 g/mol. The smallest absolute Gasteiger partial charge is 0.316 e. The van der Waals surface area contributed by atoms with Gasteiger partial charge in [0.25, 0.3) is 0 Å². The minimum atomic E-state index is -0.587. The van der Waals surface area contributed by atoms with Gasteiger partial charge in [-0.15, -0.1) is 0 Å². The first-order valence-electron chi connectivity index (χ1n) is 14.9. The van der Waals surface area contributed by atoms with Crippen molar-refractivity contribution in [3.8, 4) is 17.1 Å². The number of rotatable bonds is 9. The zero-order valence-electron chi connectivity index (χ0n) is 25.5. The van der Waals surface area contributed by atoms with E-state index in [1.165, 1.54) is 42.2 Å². The summed E-state index contributed by atoms with van der Waals surface area (Å²) in [5, 5.41) is 3.65. The van der Waals surface area contributed by atoms with Crippen LogP contribution in [0.5, 0.6) is 6.01 Å². The first-order chi connectivity index (χ1) is 20.1. The highest BCUT2D eigenvalue weighted by atomic mass is 16.7. The third kappa shape index (κ3) is 5.62. The largest absolute Gasteiger partial charge is 0.469 e. The number of ether oxygens (including phenoxy) is 4. The number of hydrogen-bond donors (Lipinski definition) is 1. The summed E-state index contributed by atoms with van der Waals surface area (Å²) in [7, 11) is 1.48. The molecule has 0 bridgehead atoms. The van der Waals surface area contributed by atoms with E-state index < -0.39 is 5.79 Å². The number of fused-ring (bicyclic) bond motifs is 1. The van der Waals surface area contributed by atoms with Gasteiger partial charge in [-0.05, 0) is 99.2 Å². The van der Waals surface area contributed by atoms with Gasteiger partial charge in [-0.25, -0.2) is 0 Å². The van der Waals surface area contributed by atoms with Crippen LogP contribution < -0.4 is 10.1 Å². The van der Waals surface area contributed by atoms with Gasteiger partial charge >= 0.3 is 12.0 Å². The van der Waals surface area contributed by atoms with Gasteiger partial charge in [-0.3, -0.25) is 4.79 Å². The number of anilines is 1. The molecule has 1 aliphatic heterocycles. The van der Waals surface area contributed by atoms with Crippen LogP contribution >= 0.6 is 0 Å². The number of esters is 1. The van der Waals surface area contributed by atoms with E-state index >= 15 is 0 Å². The van der Waals surface area contributed by atoms with Crippen molar-refractivity contribution in [3.05, 3.63) is 70.0 Å². The van der Waals surface area contributed by atoms with E-state index in [-0.39, 0.29) is 23.4 Å². The predicted molar refractivity (Wildman–Crippen MR) is 161 cm³/mol. The second-order valence-corrected chi connectivity index (χ2v) is 12.5. The molecule has 6 rings (SSSR count). The Labute approximate surface area is 248 Å². The number of benzene rings is 2. The molecule has 42 heavy (non-hydrogen) atoms. The van der Waals surface area contributed by atoms with Crippen molar-refractivity contribution in [1.82, 2.24) is 9.97 Å². The van der Waals surface area contributed by atoms with Crippen LogP contribution in [0.15, 0.2) is 36.4 Å². The van der Waals surface area contributed by atoms with Crippen LogP contribution in [0.3, 0.4) is 0 Å². The van der Waals surface area contributed by atoms with Crippen molar-refractivity contribution >= 4 is 11.7 Å². The zero-order chi connectivity index (χ0) is 29.6. The van der Waals surface area contributed by atoms with E-state index in [4.69, 9.17) is 18.9 Å². The first kappa shape index (κ1) is 28.6. The van der Waals surface area contributed by atoms with Crippen molar-refractivity contribution in [2.24, 2.45) is 5.41 Å². The Morgan fingerprint density at radius 3 is 2.52 bits per heavy atom. The quantitative estimate of drug-likeness (QED) is 0.304. The van der Waals surface area contributed by atoms with Gasteiger partial charge in [0, 0.05) is 23.7 Å². The molecule has 0 radical (unpaired) electrons. The van der Waals surface area contributed by atoms with Crippen LogP contribution in [0.2, 0.25) is 0 Å². The highest BCUT2D eigenvalue weighted by Crippen LogP contribution is 2.64. The molecule has 1 unspecified atom stereocenters. The molecule has 8 heteroatoms. The van der Waals surface area contributed by atoms with E-state index in [1.54, 1.807) is 0 Å². The molecule has 0 amide bonds. The first-order valence-corrected chi connectivity index (χ1v) is 14.9. The molecule has 1 saturated carbocycles. The lowest BCUT2D eigenvalue weighted by Gasteiger charge is -2.18. The van der Waals surface area contributed by atoms with Crippen molar-refractivity contribution in [2.75, 3.05) is 25.6 Å². The molecule has 8 nitrogen and oxygen atoms in total. The lowest BCUT2D eigenvalue weighted by atomic mass is 9.87. The number of nitrogens with one attached hydrogen (secondary N) is 1. The Morgan fingerprint density at radius 1 is 1.10 bits per heavy atom. The number of aromatic nitrogens is 2. The summed E-state index contributed by atoms with van der Waals surface area (Å²) in [4.78, 5) is 21.4. The third-order valence-electron chi connectivity index (χ3n) is 9.21. The van der Waals surface area contributed by atoms with Crippen LogP contribution in [-0.2, 0) is 32.0 Å². The highest BCUT2D eigenvalue weighted by Gasteiger charge is 2.54. The molecule has 3 aromatic rings. The number of aryl methyl sites for hydroxylation is 2. The van der Waals surface area contributed by atoms with E-state index in [0.717, 1.165) is 34.6 Å². The van der Waals surface area contributed by atoms with E-state index in [0.29, 0.717) is 32.2 Å². The molecule has 2 aliphatic carbocycles. The summed E-state index contributed by atoms with van der Waals surface area (Å²) >= 11 is 0. The minimum absolute atomic E-state index is 0.118. The van der Waals surface area contributed by atoms with Crippen molar-refractivity contribution in [1.29, 1.82) is 0 Å². The zero-order valence-corrected chi connectivity index (χ0v) is 25.5. The molecular formula is C34H41N3O5. The van der Waals surface area contributed by atoms with Gasteiger partial charge in [0.2, 0.25) is 0 Å². The summed E-state index contributed by atoms with van der Waals surface area (Å²) in [5.41, 5.74) is 10.4. The summed E-state index contributed by atoms with van der Waals surface area (Å²) in [6, 6.07) is 13.4. The van der Waals surface area contributed by atoms with Crippen LogP contribution in [-0.4, -0.2) is 48.2 Å². The summed E-state index contributed by atoms with van der Waals surface area (Å²) in [6.45, 7) is 11.5. The topological polar surface area (TPSA) is 91.8 Å². The fourth-order valence-corrected chi connectivity index (χ4v) is 6.80. The normalized spacial score (nSPS) is 21.3. The number of nitrogens with zero attached hydrogens (tertiary/aromatic N) is 2. The molecule has 2 aromatic carbocycles. The van der Waals surface area contributed by atoms with E-state index in [2.05, 4.69) is 58.6 Å². The van der Waals surface area contributed by atoms with Crippen LogP contribution in [0.4, 0.5) is 5.69 Å². The predicted octanol–water partition coefficient (Wildman–Crippen LogP) is 6.19. The van der Waals surface area contributed by atoms with Gasteiger partial charge < -0.3 is 24.3 Å². The second-order valence-electron chi connectivity index (χ2n) is 12.5. The fourth-order valence-electron chi connectivity index (χ4n) is 6.80. The molecule has 2 atom stereocenters. The van der Waals surface area contributed by atoms with Crippen molar-refractivity contribution in [2.45, 2.75) is 84.7 Å². The molecule has 3 aliphatic rings. The van der Waals surface area contributed by atoms with Crippen LogP contribution in [0, 0.1) is 26.2 Å². The maximum atomic E-state index is 12.1. The molecule has 2 heterocycles. The third-order valence-corrected chi connectivity index (χ3v) is 9.21. The van der Waals surface area contributed by atoms with Crippen molar-refractivity contribution in [3.63, 3.8) is 0 Å². The SMILES string of the molecule is COC(=O)CC1c2ccc(NCc3cccc(-c4c(C)nc(OC[C@H]5COC(C)(C)O5)nc4C)c3C)cc2CC12CC2. The molecule has 222 valence electrons.